The number of hydrogen-bond donors (Lipinski definition) is 4. The third-order valence-electron chi connectivity index (χ3n) is 5.26. The molecule has 1 amide bonds. The standard InChI is InChI=1S/C23H25N5O4/c1-14-20(22(31)25-16-7-11-18(32-2)12-8-16)21(15-5-9-17(30)10-6-15)28-23(24-14)26-19(27-28)4-3-13-29/h5-12,21,29-30H,3-4,13H2,1-2H3,(H,25,31)(H,24,26,27)/t21-/m0/s1. The normalized spacial score (nSPS) is 15.2. The van der Waals surface area contributed by atoms with E-state index in [0.29, 0.717) is 47.3 Å². The van der Waals surface area contributed by atoms with Crippen LogP contribution in [0.3, 0.4) is 0 Å². The average Bonchev–Trinajstić information content (AvgIpc) is 3.20. The second kappa shape index (κ2) is 9.11. The number of nitrogens with zero attached hydrogens (tertiary/aromatic N) is 3. The molecule has 1 aromatic heterocycles. The lowest BCUT2D eigenvalue weighted by Gasteiger charge is -2.28. The quantitative estimate of drug-likeness (QED) is 0.450. The summed E-state index contributed by atoms with van der Waals surface area (Å²) in [6.45, 7) is 1.87. The molecule has 4 rings (SSSR count). The Morgan fingerprint density at radius 3 is 2.56 bits per heavy atom. The smallest absolute Gasteiger partial charge is 0.255 e. The Morgan fingerprint density at radius 2 is 1.91 bits per heavy atom. The number of hydrogen-bond acceptors (Lipinski definition) is 7. The van der Waals surface area contributed by atoms with Gasteiger partial charge in [-0.15, -0.1) is 0 Å². The second-order valence-corrected chi connectivity index (χ2v) is 7.46. The fraction of sp³-hybridized carbons (Fsp3) is 0.261. The number of fused-ring (bicyclic) bond motifs is 1. The van der Waals surface area contributed by atoms with Crippen molar-refractivity contribution in [2.45, 2.75) is 25.8 Å². The van der Waals surface area contributed by atoms with E-state index in [1.807, 2.05) is 6.92 Å². The van der Waals surface area contributed by atoms with Gasteiger partial charge in [0.15, 0.2) is 5.82 Å². The Balaban J connectivity index is 1.71. The number of methoxy groups -OCH3 is 1. The molecule has 0 bridgehead atoms. The molecule has 0 saturated heterocycles. The number of aromatic nitrogens is 3. The van der Waals surface area contributed by atoms with Crippen molar-refractivity contribution in [3.63, 3.8) is 0 Å². The summed E-state index contributed by atoms with van der Waals surface area (Å²) in [4.78, 5) is 17.9. The summed E-state index contributed by atoms with van der Waals surface area (Å²) in [5.74, 6) is 1.65. The van der Waals surface area contributed by atoms with Crippen LogP contribution in [0.2, 0.25) is 0 Å². The third-order valence-corrected chi connectivity index (χ3v) is 5.26. The maximum atomic E-state index is 13.4. The number of aryl methyl sites for hydroxylation is 1. The van der Waals surface area contributed by atoms with E-state index in [-0.39, 0.29) is 18.3 Å². The van der Waals surface area contributed by atoms with Gasteiger partial charge in [0.2, 0.25) is 5.95 Å². The van der Waals surface area contributed by atoms with Crippen LogP contribution in [-0.4, -0.2) is 44.6 Å². The van der Waals surface area contributed by atoms with Gasteiger partial charge in [0.05, 0.1) is 12.7 Å². The molecule has 0 spiro atoms. The van der Waals surface area contributed by atoms with Crippen LogP contribution in [0.25, 0.3) is 0 Å². The van der Waals surface area contributed by atoms with Gasteiger partial charge in [-0.3, -0.25) is 4.79 Å². The first-order valence-electron chi connectivity index (χ1n) is 10.3. The zero-order chi connectivity index (χ0) is 22.7. The number of aliphatic hydroxyl groups excluding tert-OH is 1. The third kappa shape index (κ3) is 4.28. The molecule has 4 N–H and O–H groups in total. The zero-order valence-electron chi connectivity index (χ0n) is 17.9. The topological polar surface area (TPSA) is 122 Å². The Morgan fingerprint density at radius 1 is 1.19 bits per heavy atom. The van der Waals surface area contributed by atoms with Gasteiger partial charge in [0.25, 0.3) is 5.91 Å². The van der Waals surface area contributed by atoms with E-state index >= 15 is 0 Å². The van der Waals surface area contributed by atoms with Crippen LogP contribution < -0.4 is 15.4 Å². The lowest BCUT2D eigenvalue weighted by Crippen LogP contribution is -2.31. The highest BCUT2D eigenvalue weighted by Crippen LogP contribution is 2.36. The van der Waals surface area contributed by atoms with E-state index in [2.05, 4.69) is 20.7 Å². The number of ether oxygens (including phenoxy) is 1. The number of carbonyl (C=O) groups is 1. The summed E-state index contributed by atoms with van der Waals surface area (Å²) in [5.41, 5.74) is 2.55. The van der Waals surface area contributed by atoms with Crippen molar-refractivity contribution in [1.29, 1.82) is 0 Å². The highest BCUT2D eigenvalue weighted by atomic mass is 16.5. The summed E-state index contributed by atoms with van der Waals surface area (Å²) >= 11 is 0. The van der Waals surface area contributed by atoms with E-state index in [4.69, 9.17) is 9.84 Å². The van der Waals surface area contributed by atoms with Gasteiger partial charge in [0, 0.05) is 24.4 Å². The van der Waals surface area contributed by atoms with Crippen LogP contribution in [0.4, 0.5) is 11.6 Å². The monoisotopic (exact) mass is 435 g/mol. The predicted molar refractivity (Wildman–Crippen MR) is 120 cm³/mol. The Labute approximate surface area is 185 Å². The number of carbonyl (C=O) groups excluding carboxylic acids is 1. The van der Waals surface area contributed by atoms with Crippen molar-refractivity contribution in [3.8, 4) is 11.5 Å². The molecular weight excluding hydrogens is 410 g/mol. The number of rotatable bonds is 7. The number of aliphatic hydroxyl groups is 1. The van der Waals surface area contributed by atoms with E-state index in [1.165, 1.54) is 0 Å². The highest BCUT2D eigenvalue weighted by molar-refractivity contribution is 6.06. The lowest BCUT2D eigenvalue weighted by atomic mass is 9.95. The first kappa shape index (κ1) is 21.4. The molecule has 0 radical (unpaired) electrons. The number of benzene rings is 2. The summed E-state index contributed by atoms with van der Waals surface area (Å²) in [6, 6.07) is 13.2. The number of anilines is 2. The van der Waals surface area contributed by atoms with Crippen molar-refractivity contribution < 1.29 is 19.7 Å². The van der Waals surface area contributed by atoms with Gasteiger partial charge >= 0.3 is 0 Å². The maximum absolute atomic E-state index is 13.4. The summed E-state index contributed by atoms with van der Waals surface area (Å²) in [5, 5.41) is 29.6. The number of amides is 1. The first-order chi connectivity index (χ1) is 15.5. The fourth-order valence-corrected chi connectivity index (χ4v) is 3.67. The van der Waals surface area contributed by atoms with Gasteiger partial charge in [-0.1, -0.05) is 12.1 Å². The molecule has 0 aliphatic carbocycles. The van der Waals surface area contributed by atoms with E-state index in [9.17, 15) is 9.90 Å². The van der Waals surface area contributed by atoms with Crippen LogP contribution in [0.5, 0.6) is 11.5 Å². The first-order valence-corrected chi connectivity index (χ1v) is 10.3. The molecule has 1 aliphatic heterocycles. The van der Waals surface area contributed by atoms with Gasteiger partial charge in [-0.2, -0.15) is 10.1 Å². The van der Waals surface area contributed by atoms with Crippen molar-refractivity contribution >= 4 is 17.5 Å². The van der Waals surface area contributed by atoms with Crippen molar-refractivity contribution in [3.05, 3.63) is 71.2 Å². The molecule has 2 aromatic carbocycles. The number of nitrogens with one attached hydrogen (secondary N) is 2. The lowest BCUT2D eigenvalue weighted by molar-refractivity contribution is -0.113. The summed E-state index contributed by atoms with van der Waals surface area (Å²) in [6.07, 6.45) is 1.07. The highest BCUT2D eigenvalue weighted by Gasteiger charge is 2.34. The van der Waals surface area contributed by atoms with Crippen LogP contribution in [-0.2, 0) is 11.2 Å². The van der Waals surface area contributed by atoms with Crippen LogP contribution in [0.1, 0.15) is 30.8 Å². The average molecular weight is 435 g/mol. The largest absolute Gasteiger partial charge is 0.508 e. The molecule has 0 saturated carbocycles. The van der Waals surface area contributed by atoms with Crippen LogP contribution in [0, 0.1) is 0 Å². The molecular formula is C23H25N5O4. The van der Waals surface area contributed by atoms with Crippen LogP contribution >= 0.6 is 0 Å². The summed E-state index contributed by atoms with van der Waals surface area (Å²) < 4.78 is 6.85. The Kier molecular flexibility index (Phi) is 6.09. The second-order valence-electron chi connectivity index (χ2n) is 7.46. The fourth-order valence-electron chi connectivity index (χ4n) is 3.67. The van der Waals surface area contributed by atoms with Crippen molar-refractivity contribution in [2.24, 2.45) is 0 Å². The van der Waals surface area contributed by atoms with Crippen molar-refractivity contribution in [2.75, 3.05) is 24.4 Å². The molecule has 2 heterocycles. The SMILES string of the molecule is COc1ccc(NC(=O)C2=C(C)Nc3nc(CCCO)nn3[C@H]2c2ccc(O)cc2)cc1. The van der Waals surface area contributed by atoms with Crippen LogP contribution in [0.15, 0.2) is 59.8 Å². The van der Waals surface area contributed by atoms with Crippen molar-refractivity contribution in [1.82, 2.24) is 14.8 Å². The minimum absolute atomic E-state index is 0.0471. The predicted octanol–water partition coefficient (Wildman–Crippen LogP) is 2.84. The Hall–Kier alpha value is -3.85. The minimum atomic E-state index is -0.541. The molecule has 166 valence electrons. The molecule has 32 heavy (non-hydrogen) atoms. The molecule has 1 atom stereocenters. The molecule has 3 aromatic rings. The number of allylic oxidation sites excluding steroid dienone is 1. The molecule has 9 nitrogen and oxygen atoms in total. The van der Waals surface area contributed by atoms with E-state index < -0.39 is 6.04 Å². The maximum Gasteiger partial charge on any atom is 0.255 e. The van der Waals surface area contributed by atoms with E-state index in [1.54, 1.807) is 60.3 Å². The molecule has 0 unspecified atom stereocenters. The summed E-state index contributed by atoms with van der Waals surface area (Å²) in [7, 11) is 1.59. The molecule has 1 aliphatic rings. The molecule has 0 fully saturated rings. The van der Waals surface area contributed by atoms with Gasteiger partial charge in [-0.25, -0.2) is 4.68 Å². The van der Waals surface area contributed by atoms with Gasteiger partial charge < -0.3 is 25.6 Å². The van der Waals surface area contributed by atoms with Gasteiger partial charge in [0.1, 0.15) is 17.5 Å². The Bertz CT molecular complexity index is 1140. The number of phenols is 1. The molecule has 9 heteroatoms. The number of aromatic hydroxyl groups is 1. The minimum Gasteiger partial charge on any atom is -0.508 e. The number of phenolic OH excluding ortho intramolecular Hbond substituents is 1. The van der Waals surface area contributed by atoms with E-state index in [0.717, 1.165) is 5.56 Å². The zero-order valence-corrected chi connectivity index (χ0v) is 17.9. The van der Waals surface area contributed by atoms with Gasteiger partial charge in [-0.05, 0) is 55.3 Å².